The van der Waals surface area contributed by atoms with E-state index in [1.807, 2.05) is 0 Å². The van der Waals surface area contributed by atoms with E-state index in [0.717, 1.165) is 31.4 Å². The molecular formula is C21H27ClN4O3. The molecule has 8 heteroatoms. The molecule has 2 amide bonds. The standard InChI is InChI=1S/C21H26N4O3.ClH/c1-12-18(11-23-28-12)21(27)25-17-7-5-16(6-8-17)24-20(26)15-9-13-3-2-4-14(10-15)19(13)22;/h5-8,11,13-15,19H,2-4,9-10,22H2,1H3,(H,24,26)(H,25,27);1H. The topological polar surface area (TPSA) is 110 Å². The van der Waals surface area contributed by atoms with Crippen LogP contribution in [0.2, 0.25) is 0 Å². The quantitative estimate of drug-likeness (QED) is 0.700. The van der Waals surface area contributed by atoms with Gasteiger partial charge in [-0.3, -0.25) is 9.59 Å². The van der Waals surface area contributed by atoms with Gasteiger partial charge in [-0.05, 0) is 68.7 Å². The first-order valence-corrected chi connectivity index (χ1v) is 9.90. The number of nitrogens with one attached hydrogen (secondary N) is 2. The third kappa shape index (κ3) is 4.62. The first-order valence-electron chi connectivity index (χ1n) is 9.90. The highest BCUT2D eigenvalue weighted by Crippen LogP contribution is 2.42. The molecule has 4 N–H and O–H groups in total. The Hall–Kier alpha value is -2.38. The van der Waals surface area contributed by atoms with E-state index >= 15 is 0 Å². The second-order valence-electron chi connectivity index (χ2n) is 8.01. The molecule has 2 aliphatic carbocycles. The van der Waals surface area contributed by atoms with Crippen molar-refractivity contribution < 1.29 is 14.1 Å². The number of hydrogen-bond donors (Lipinski definition) is 3. The van der Waals surface area contributed by atoms with Crippen LogP contribution >= 0.6 is 12.4 Å². The number of carbonyl (C=O) groups is 2. The van der Waals surface area contributed by atoms with E-state index < -0.39 is 0 Å². The SMILES string of the molecule is Cc1oncc1C(=O)Nc1ccc(NC(=O)C2CC3CCCC(C2)C3N)cc1.Cl. The summed E-state index contributed by atoms with van der Waals surface area (Å²) in [6, 6.07) is 7.38. The third-order valence-corrected chi connectivity index (χ3v) is 6.19. The van der Waals surface area contributed by atoms with Crippen molar-refractivity contribution in [2.75, 3.05) is 10.6 Å². The molecule has 0 aliphatic heterocycles. The molecule has 0 saturated heterocycles. The Morgan fingerprint density at radius 2 is 1.66 bits per heavy atom. The minimum Gasteiger partial charge on any atom is -0.361 e. The average molecular weight is 419 g/mol. The zero-order chi connectivity index (χ0) is 19.7. The molecule has 4 rings (SSSR count). The van der Waals surface area contributed by atoms with Crippen molar-refractivity contribution in [2.24, 2.45) is 23.5 Å². The van der Waals surface area contributed by atoms with Crippen LogP contribution in [0.25, 0.3) is 0 Å². The largest absolute Gasteiger partial charge is 0.361 e. The Balaban J connectivity index is 0.00000240. The predicted octanol–water partition coefficient (Wildman–Crippen LogP) is 3.75. The molecule has 2 aliphatic rings. The normalized spacial score (nSPS) is 25.6. The summed E-state index contributed by atoms with van der Waals surface area (Å²) in [5, 5.41) is 9.42. The highest BCUT2D eigenvalue weighted by molar-refractivity contribution is 6.04. The number of anilines is 2. The van der Waals surface area contributed by atoms with Crippen LogP contribution in [0.4, 0.5) is 11.4 Å². The number of aryl methyl sites for hydroxylation is 1. The van der Waals surface area contributed by atoms with Crippen LogP contribution in [0.1, 0.15) is 48.2 Å². The molecule has 2 saturated carbocycles. The highest BCUT2D eigenvalue weighted by Gasteiger charge is 2.40. The van der Waals surface area contributed by atoms with Crippen LogP contribution in [-0.2, 0) is 4.79 Å². The fourth-order valence-electron chi connectivity index (χ4n) is 4.60. The van der Waals surface area contributed by atoms with Gasteiger partial charge in [0.1, 0.15) is 11.3 Å². The van der Waals surface area contributed by atoms with E-state index in [1.165, 1.54) is 12.6 Å². The number of nitrogens with zero attached hydrogens (tertiary/aromatic N) is 1. The first-order chi connectivity index (χ1) is 13.5. The Kier molecular flexibility index (Phi) is 6.59. The summed E-state index contributed by atoms with van der Waals surface area (Å²) in [5.74, 6) is 1.24. The first kappa shape index (κ1) is 21.3. The van der Waals surface area contributed by atoms with Gasteiger partial charge in [-0.1, -0.05) is 11.6 Å². The van der Waals surface area contributed by atoms with Crippen LogP contribution in [0, 0.1) is 24.7 Å². The van der Waals surface area contributed by atoms with Gasteiger partial charge in [0.05, 0.1) is 6.20 Å². The van der Waals surface area contributed by atoms with E-state index in [0.29, 0.717) is 28.8 Å². The molecule has 2 atom stereocenters. The smallest absolute Gasteiger partial charge is 0.260 e. The van der Waals surface area contributed by atoms with Crippen molar-refractivity contribution in [3.63, 3.8) is 0 Å². The van der Waals surface area contributed by atoms with Crippen molar-refractivity contribution >= 4 is 35.6 Å². The molecule has 29 heavy (non-hydrogen) atoms. The molecule has 2 bridgehead atoms. The van der Waals surface area contributed by atoms with Crippen molar-refractivity contribution in [3.05, 3.63) is 41.8 Å². The molecule has 1 aromatic carbocycles. The van der Waals surface area contributed by atoms with Crippen molar-refractivity contribution in [2.45, 2.75) is 45.1 Å². The molecule has 0 radical (unpaired) electrons. The van der Waals surface area contributed by atoms with Crippen LogP contribution in [0.5, 0.6) is 0 Å². The lowest BCUT2D eigenvalue weighted by atomic mass is 9.65. The molecule has 7 nitrogen and oxygen atoms in total. The van der Waals surface area contributed by atoms with E-state index in [9.17, 15) is 9.59 Å². The van der Waals surface area contributed by atoms with Crippen molar-refractivity contribution in [1.82, 2.24) is 5.16 Å². The van der Waals surface area contributed by atoms with Gasteiger partial charge in [-0.25, -0.2) is 0 Å². The summed E-state index contributed by atoms with van der Waals surface area (Å²) in [7, 11) is 0. The zero-order valence-electron chi connectivity index (χ0n) is 16.4. The third-order valence-electron chi connectivity index (χ3n) is 6.19. The van der Waals surface area contributed by atoms with E-state index in [2.05, 4.69) is 15.8 Å². The van der Waals surface area contributed by atoms with Gasteiger partial charge in [0, 0.05) is 23.3 Å². The predicted molar refractivity (Wildman–Crippen MR) is 113 cm³/mol. The molecule has 2 unspecified atom stereocenters. The number of halogens is 1. The van der Waals surface area contributed by atoms with Gasteiger partial charge in [0.25, 0.3) is 5.91 Å². The number of rotatable bonds is 4. The van der Waals surface area contributed by atoms with Crippen LogP contribution < -0.4 is 16.4 Å². The Labute approximate surface area is 176 Å². The minimum atomic E-state index is -0.277. The van der Waals surface area contributed by atoms with Gasteiger partial charge < -0.3 is 20.9 Å². The summed E-state index contributed by atoms with van der Waals surface area (Å²) in [6.07, 6.45) is 6.68. The van der Waals surface area contributed by atoms with Gasteiger partial charge in [0.15, 0.2) is 0 Å². The lowest BCUT2D eigenvalue weighted by Crippen LogP contribution is -2.48. The summed E-state index contributed by atoms with van der Waals surface area (Å²) < 4.78 is 4.91. The molecular weight excluding hydrogens is 392 g/mol. The maximum atomic E-state index is 12.7. The lowest BCUT2D eigenvalue weighted by Gasteiger charge is -2.43. The molecule has 1 aromatic heterocycles. The Morgan fingerprint density at radius 1 is 1.07 bits per heavy atom. The maximum absolute atomic E-state index is 12.7. The monoisotopic (exact) mass is 418 g/mol. The number of nitrogens with two attached hydrogens (primary N) is 1. The molecule has 156 valence electrons. The van der Waals surface area contributed by atoms with Gasteiger partial charge in [-0.2, -0.15) is 0 Å². The molecule has 0 spiro atoms. The summed E-state index contributed by atoms with van der Waals surface area (Å²) in [5.41, 5.74) is 8.09. The Bertz CT molecular complexity index is 853. The fraction of sp³-hybridized carbons (Fsp3) is 0.476. The second-order valence-corrected chi connectivity index (χ2v) is 8.01. The number of benzene rings is 1. The van der Waals surface area contributed by atoms with E-state index in [1.54, 1.807) is 31.2 Å². The number of carbonyl (C=O) groups excluding carboxylic acids is 2. The molecule has 1 heterocycles. The second kappa shape index (κ2) is 8.97. The van der Waals surface area contributed by atoms with Crippen LogP contribution in [0.3, 0.4) is 0 Å². The summed E-state index contributed by atoms with van der Waals surface area (Å²) >= 11 is 0. The van der Waals surface area contributed by atoms with Gasteiger partial charge >= 0.3 is 0 Å². The highest BCUT2D eigenvalue weighted by atomic mass is 35.5. The Morgan fingerprint density at radius 3 is 2.21 bits per heavy atom. The van der Waals surface area contributed by atoms with Gasteiger partial charge in [-0.15, -0.1) is 12.4 Å². The molecule has 2 aromatic rings. The van der Waals surface area contributed by atoms with E-state index in [4.69, 9.17) is 10.3 Å². The maximum Gasteiger partial charge on any atom is 0.260 e. The fourth-order valence-corrected chi connectivity index (χ4v) is 4.60. The van der Waals surface area contributed by atoms with E-state index in [-0.39, 0.29) is 36.2 Å². The summed E-state index contributed by atoms with van der Waals surface area (Å²) in [4.78, 5) is 24.9. The number of hydrogen-bond acceptors (Lipinski definition) is 5. The molecule has 2 fully saturated rings. The lowest BCUT2D eigenvalue weighted by molar-refractivity contribution is -0.122. The van der Waals surface area contributed by atoms with Crippen molar-refractivity contribution in [3.8, 4) is 0 Å². The average Bonchev–Trinajstić information content (AvgIpc) is 3.09. The number of fused-ring (bicyclic) bond motifs is 2. The van der Waals surface area contributed by atoms with Gasteiger partial charge in [0.2, 0.25) is 5.91 Å². The summed E-state index contributed by atoms with van der Waals surface area (Å²) in [6.45, 7) is 1.69. The van der Waals surface area contributed by atoms with Crippen LogP contribution in [0.15, 0.2) is 35.0 Å². The minimum absolute atomic E-state index is 0. The number of amides is 2. The van der Waals surface area contributed by atoms with Crippen LogP contribution in [-0.4, -0.2) is 23.0 Å². The number of aromatic nitrogens is 1. The zero-order valence-corrected chi connectivity index (χ0v) is 17.2. The van der Waals surface area contributed by atoms with Crippen molar-refractivity contribution in [1.29, 1.82) is 0 Å².